The third kappa shape index (κ3) is 6.40. The number of benzene rings is 3. The van der Waals surface area contributed by atoms with Crippen molar-refractivity contribution in [2.75, 3.05) is 6.61 Å². The van der Waals surface area contributed by atoms with Gasteiger partial charge in [-0.25, -0.2) is 13.2 Å². The van der Waals surface area contributed by atoms with Crippen LogP contribution in [0.4, 0.5) is 17.6 Å². The van der Waals surface area contributed by atoms with E-state index in [1.165, 1.54) is 30.3 Å². The first-order valence-electron chi connectivity index (χ1n) is 11.5. The molecule has 3 aromatic rings. The highest BCUT2D eigenvalue weighted by Gasteiger charge is 2.18. The smallest absolute Gasteiger partial charge is 0.201 e. The Bertz CT molecular complexity index is 1190. The van der Waals surface area contributed by atoms with Crippen LogP contribution in [0.15, 0.2) is 61.2 Å². The van der Waals surface area contributed by atoms with E-state index >= 15 is 0 Å². The maximum atomic E-state index is 14.6. The van der Waals surface area contributed by atoms with Gasteiger partial charge in [-0.3, -0.25) is 0 Å². The van der Waals surface area contributed by atoms with Crippen molar-refractivity contribution in [3.8, 4) is 16.9 Å². The van der Waals surface area contributed by atoms with Crippen LogP contribution in [0.5, 0.6) is 5.75 Å². The molecule has 0 heterocycles. The first-order valence-corrected chi connectivity index (χ1v) is 11.5. The van der Waals surface area contributed by atoms with E-state index < -0.39 is 29.4 Å². The van der Waals surface area contributed by atoms with E-state index in [0.717, 1.165) is 6.42 Å². The predicted molar refractivity (Wildman–Crippen MR) is 132 cm³/mol. The van der Waals surface area contributed by atoms with Crippen LogP contribution in [0, 0.1) is 23.3 Å². The zero-order valence-corrected chi connectivity index (χ0v) is 19.5. The number of rotatable bonds is 11. The molecule has 0 fully saturated rings. The lowest BCUT2D eigenvalue weighted by Gasteiger charge is -2.12. The number of allylic oxidation sites excluding steroid dienone is 1. The maximum Gasteiger partial charge on any atom is 0.201 e. The molecule has 0 spiro atoms. The topological polar surface area (TPSA) is 29.5 Å². The second-order valence-corrected chi connectivity index (χ2v) is 8.15. The van der Waals surface area contributed by atoms with Crippen molar-refractivity contribution in [1.29, 1.82) is 0 Å². The highest BCUT2D eigenvalue weighted by molar-refractivity contribution is 5.73. The molecule has 1 N–H and O–H groups in total. The Balaban J connectivity index is 1.74. The Hall–Kier alpha value is -3.38. The van der Waals surface area contributed by atoms with Gasteiger partial charge in [-0.2, -0.15) is 4.39 Å². The number of hydrogen-bond donors (Lipinski definition) is 1. The van der Waals surface area contributed by atoms with Crippen LogP contribution >= 0.6 is 0 Å². The number of ether oxygens (including phenoxy) is 1. The van der Waals surface area contributed by atoms with Crippen molar-refractivity contribution in [3.63, 3.8) is 0 Å². The van der Waals surface area contributed by atoms with Gasteiger partial charge in [0.2, 0.25) is 5.82 Å². The van der Waals surface area contributed by atoms with Gasteiger partial charge >= 0.3 is 0 Å². The molecule has 0 saturated carbocycles. The molecule has 0 saturated heterocycles. The van der Waals surface area contributed by atoms with Gasteiger partial charge in [-0.1, -0.05) is 68.0 Å². The second kappa shape index (κ2) is 12.4. The van der Waals surface area contributed by atoms with E-state index in [4.69, 9.17) is 4.74 Å². The van der Waals surface area contributed by atoms with Crippen LogP contribution in [-0.2, 0) is 0 Å². The maximum absolute atomic E-state index is 14.6. The molecular formula is C29H28F4O2. The third-order valence-corrected chi connectivity index (χ3v) is 5.60. The zero-order chi connectivity index (χ0) is 25.4. The monoisotopic (exact) mass is 484 g/mol. The molecule has 3 aromatic carbocycles. The summed E-state index contributed by atoms with van der Waals surface area (Å²) in [6.45, 7) is 5.71. The highest BCUT2D eigenvalue weighted by atomic mass is 19.2. The van der Waals surface area contributed by atoms with Crippen LogP contribution in [-0.4, -0.2) is 11.7 Å². The van der Waals surface area contributed by atoms with Crippen LogP contribution in [0.1, 0.15) is 55.4 Å². The van der Waals surface area contributed by atoms with Crippen LogP contribution in [0.3, 0.4) is 0 Å². The Labute approximate surface area is 203 Å². The Kier molecular flexibility index (Phi) is 9.26. The predicted octanol–water partition coefficient (Wildman–Crippen LogP) is 8.26. The van der Waals surface area contributed by atoms with Crippen molar-refractivity contribution in [2.45, 2.75) is 38.7 Å². The third-order valence-electron chi connectivity index (χ3n) is 5.60. The molecule has 0 aliphatic rings. The van der Waals surface area contributed by atoms with E-state index in [1.807, 2.05) is 6.92 Å². The normalized spacial score (nSPS) is 12.2. The summed E-state index contributed by atoms with van der Waals surface area (Å²) in [7, 11) is 0. The zero-order valence-electron chi connectivity index (χ0n) is 19.5. The number of halogens is 4. The molecule has 0 radical (unpaired) electrons. The van der Waals surface area contributed by atoms with Gasteiger partial charge in [-0.05, 0) is 42.5 Å². The highest BCUT2D eigenvalue weighted by Crippen LogP contribution is 2.31. The summed E-state index contributed by atoms with van der Waals surface area (Å²) in [5.41, 5.74) is 1.19. The molecule has 184 valence electrons. The average Bonchev–Trinajstić information content (AvgIpc) is 2.86. The van der Waals surface area contributed by atoms with Crippen molar-refractivity contribution < 1.29 is 27.4 Å². The average molecular weight is 485 g/mol. The first-order chi connectivity index (χ1) is 16.9. The summed E-state index contributed by atoms with van der Waals surface area (Å²) in [6.07, 6.45) is 6.04. The molecule has 3 rings (SSSR count). The van der Waals surface area contributed by atoms with E-state index in [-0.39, 0.29) is 29.0 Å². The lowest BCUT2D eigenvalue weighted by atomic mass is 10.0. The van der Waals surface area contributed by atoms with Crippen LogP contribution in [0.2, 0.25) is 0 Å². The van der Waals surface area contributed by atoms with Crippen LogP contribution < -0.4 is 4.74 Å². The van der Waals surface area contributed by atoms with Gasteiger partial charge in [-0.15, -0.1) is 6.58 Å². The lowest BCUT2D eigenvalue weighted by molar-refractivity contribution is 0.160. The SMILES string of the molecule is C=CCCCOc1ccc(-c2ccc(/C=C/c3ccc(C(O)CCC)c(F)c3F)cc2)c(F)c1F. The van der Waals surface area contributed by atoms with Gasteiger partial charge in [0.05, 0.1) is 12.7 Å². The molecule has 0 aliphatic heterocycles. The fraction of sp³-hybridized carbons (Fsp3) is 0.241. The van der Waals surface area contributed by atoms with Gasteiger partial charge in [0, 0.05) is 16.7 Å². The molecule has 1 atom stereocenters. The number of aliphatic hydroxyl groups is 1. The molecule has 0 bridgehead atoms. The first kappa shape index (κ1) is 26.2. The Morgan fingerprint density at radius 2 is 1.63 bits per heavy atom. The summed E-state index contributed by atoms with van der Waals surface area (Å²) in [5.74, 6) is -4.28. The minimum atomic E-state index is -1.06. The van der Waals surface area contributed by atoms with E-state index in [1.54, 1.807) is 36.4 Å². The van der Waals surface area contributed by atoms with Crippen molar-refractivity contribution >= 4 is 12.2 Å². The van der Waals surface area contributed by atoms with E-state index in [9.17, 15) is 22.7 Å². The molecular weight excluding hydrogens is 456 g/mol. The fourth-order valence-corrected chi connectivity index (χ4v) is 3.63. The minimum Gasteiger partial charge on any atom is -0.490 e. The Morgan fingerprint density at radius 3 is 2.31 bits per heavy atom. The molecule has 2 nitrogen and oxygen atoms in total. The molecule has 0 amide bonds. The van der Waals surface area contributed by atoms with Crippen molar-refractivity contribution in [3.05, 3.63) is 101 Å². The van der Waals surface area contributed by atoms with Gasteiger partial charge in [0.15, 0.2) is 23.2 Å². The van der Waals surface area contributed by atoms with Gasteiger partial charge in [0.1, 0.15) is 0 Å². The fourth-order valence-electron chi connectivity index (χ4n) is 3.63. The van der Waals surface area contributed by atoms with Gasteiger partial charge < -0.3 is 9.84 Å². The quantitative estimate of drug-likeness (QED) is 0.128. The molecule has 35 heavy (non-hydrogen) atoms. The summed E-state index contributed by atoms with van der Waals surface area (Å²) < 4.78 is 63.2. The van der Waals surface area contributed by atoms with Gasteiger partial charge in [0.25, 0.3) is 0 Å². The Morgan fingerprint density at radius 1 is 0.886 bits per heavy atom. The van der Waals surface area contributed by atoms with E-state index in [2.05, 4.69) is 6.58 Å². The minimum absolute atomic E-state index is 0.0378. The molecule has 1 unspecified atom stereocenters. The summed E-state index contributed by atoms with van der Waals surface area (Å²) in [5, 5.41) is 9.97. The van der Waals surface area contributed by atoms with Crippen molar-refractivity contribution in [2.24, 2.45) is 0 Å². The number of unbranched alkanes of at least 4 members (excludes halogenated alkanes) is 1. The summed E-state index contributed by atoms with van der Waals surface area (Å²) in [4.78, 5) is 0. The molecule has 0 aliphatic carbocycles. The number of hydrogen-bond acceptors (Lipinski definition) is 2. The van der Waals surface area contributed by atoms with E-state index in [0.29, 0.717) is 30.4 Å². The molecule has 6 heteroatoms. The second-order valence-electron chi connectivity index (χ2n) is 8.15. The lowest BCUT2D eigenvalue weighted by Crippen LogP contribution is -2.03. The largest absolute Gasteiger partial charge is 0.490 e. The summed E-state index contributed by atoms with van der Waals surface area (Å²) >= 11 is 0. The number of aliphatic hydroxyl groups excluding tert-OH is 1. The molecule has 0 aromatic heterocycles. The van der Waals surface area contributed by atoms with Crippen molar-refractivity contribution in [1.82, 2.24) is 0 Å². The standard InChI is InChI=1S/C29H28F4O2/c1-3-5-6-18-35-25-17-16-22(27(31)29(25)33)20-11-8-19(9-12-20)10-13-21-14-15-23(24(34)7-4-2)28(32)26(21)30/h3,8-17,24,34H,1,4-7,18H2,2H3/b13-10+. The van der Waals surface area contributed by atoms with Crippen LogP contribution in [0.25, 0.3) is 23.3 Å². The summed E-state index contributed by atoms with van der Waals surface area (Å²) in [6, 6.07) is 12.2.